The van der Waals surface area contributed by atoms with Gasteiger partial charge < -0.3 is 40.0 Å². The van der Waals surface area contributed by atoms with Crippen LogP contribution < -0.4 is 14.8 Å². The van der Waals surface area contributed by atoms with E-state index in [9.17, 15) is 25.2 Å². The van der Waals surface area contributed by atoms with Gasteiger partial charge in [0.15, 0.2) is 0 Å². The number of hydrogen-bond donors (Lipinski definition) is 5. The summed E-state index contributed by atoms with van der Waals surface area (Å²) < 4.78 is 16.2. The van der Waals surface area contributed by atoms with Crippen molar-refractivity contribution >= 4 is 5.91 Å². The third-order valence-corrected chi connectivity index (χ3v) is 5.04. The van der Waals surface area contributed by atoms with Crippen molar-refractivity contribution in [3.8, 4) is 11.5 Å². The van der Waals surface area contributed by atoms with Gasteiger partial charge in [-0.25, -0.2) is 0 Å². The van der Waals surface area contributed by atoms with E-state index < -0.39 is 37.3 Å². The summed E-state index contributed by atoms with van der Waals surface area (Å²) >= 11 is 0. The van der Waals surface area contributed by atoms with E-state index in [2.05, 4.69) is 5.32 Å². The highest BCUT2D eigenvalue weighted by Crippen LogP contribution is 2.26. The largest absolute Gasteiger partial charge is 0.497 e. The molecule has 1 aliphatic heterocycles. The summed E-state index contributed by atoms with van der Waals surface area (Å²) in [5.41, 5.74) is 1.43. The molecule has 2 aromatic carbocycles. The Morgan fingerprint density at radius 3 is 2.58 bits per heavy atom. The molecule has 0 radical (unpaired) electrons. The number of benzene rings is 2. The molecule has 1 heterocycles. The van der Waals surface area contributed by atoms with E-state index in [0.29, 0.717) is 17.9 Å². The molecule has 1 saturated heterocycles. The van der Waals surface area contributed by atoms with Gasteiger partial charge >= 0.3 is 0 Å². The lowest BCUT2D eigenvalue weighted by molar-refractivity contribution is -0.277. The molecular weight excluding hydrogens is 406 g/mol. The van der Waals surface area contributed by atoms with Crippen LogP contribution in [-0.4, -0.2) is 70.8 Å². The molecule has 5 unspecified atom stereocenters. The van der Waals surface area contributed by atoms with Gasteiger partial charge in [0.2, 0.25) is 12.2 Å². The summed E-state index contributed by atoms with van der Waals surface area (Å²) in [6, 6.07) is 14.1. The molecule has 3 rings (SSSR count). The highest BCUT2D eigenvalue weighted by Gasteiger charge is 2.44. The van der Waals surface area contributed by atoms with Crippen LogP contribution in [0, 0.1) is 0 Å². The maximum Gasteiger partial charge on any atom is 0.229 e. The van der Waals surface area contributed by atoms with Crippen LogP contribution in [0.25, 0.3) is 0 Å². The van der Waals surface area contributed by atoms with Gasteiger partial charge in [0.1, 0.15) is 35.9 Å². The predicted octanol–water partition coefficient (Wildman–Crippen LogP) is -0.267. The Morgan fingerprint density at radius 2 is 1.84 bits per heavy atom. The number of aliphatic hydroxyl groups is 4. The van der Waals surface area contributed by atoms with E-state index in [1.165, 1.54) is 0 Å². The zero-order valence-electron chi connectivity index (χ0n) is 17.0. The first-order chi connectivity index (χ1) is 14.9. The Hall–Kier alpha value is -2.69. The molecule has 31 heavy (non-hydrogen) atoms. The standard InChI is InChI=1S/C22H27NO8/c1-29-15-7-4-5-13(9-15)11-23-18(25)10-14-6-2-3-8-16(14)30-22-21(28)20(27)19(26)17(12-24)31-22/h2-9,17,19-22,24,26-28H,10-12H2,1H3,(H,23,25). The van der Waals surface area contributed by atoms with Gasteiger partial charge in [-0.3, -0.25) is 4.79 Å². The summed E-state index contributed by atoms with van der Waals surface area (Å²) in [5, 5.41) is 42.1. The van der Waals surface area contributed by atoms with E-state index in [-0.39, 0.29) is 18.1 Å². The summed E-state index contributed by atoms with van der Waals surface area (Å²) in [7, 11) is 1.57. The van der Waals surface area contributed by atoms with Gasteiger partial charge in [0.05, 0.1) is 20.1 Å². The lowest BCUT2D eigenvalue weighted by Gasteiger charge is -2.39. The van der Waals surface area contributed by atoms with Crippen LogP contribution in [0.4, 0.5) is 0 Å². The van der Waals surface area contributed by atoms with E-state index in [0.717, 1.165) is 5.56 Å². The zero-order valence-corrected chi connectivity index (χ0v) is 17.0. The number of hydrogen-bond acceptors (Lipinski definition) is 8. The molecule has 1 fully saturated rings. The quantitative estimate of drug-likeness (QED) is 0.384. The Morgan fingerprint density at radius 1 is 1.06 bits per heavy atom. The number of carbonyl (C=O) groups excluding carboxylic acids is 1. The first-order valence-electron chi connectivity index (χ1n) is 9.87. The van der Waals surface area contributed by atoms with Crippen LogP contribution in [0.5, 0.6) is 11.5 Å². The summed E-state index contributed by atoms with van der Waals surface area (Å²) in [6.07, 6.45) is -6.95. The SMILES string of the molecule is COc1cccc(CNC(=O)Cc2ccccc2OC2OC(CO)C(O)C(O)C2O)c1. The van der Waals surface area contributed by atoms with Gasteiger partial charge in [-0.2, -0.15) is 0 Å². The summed E-state index contributed by atoms with van der Waals surface area (Å²) in [5.74, 6) is 0.737. The second-order valence-electron chi connectivity index (χ2n) is 7.23. The molecule has 2 aromatic rings. The fourth-order valence-corrected chi connectivity index (χ4v) is 3.27. The number of para-hydroxylation sites is 1. The fraction of sp³-hybridized carbons (Fsp3) is 0.409. The summed E-state index contributed by atoms with van der Waals surface area (Å²) in [6.45, 7) is -0.231. The third kappa shape index (κ3) is 5.72. The minimum absolute atomic E-state index is 0.0115. The zero-order chi connectivity index (χ0) is 22.4. The maximum absolute atomic E-state index is 12.5. The molecule has 5 N–H and O–H groups in total. The van der Waals surface area contributed by atoms with E-state index in [4.69, 9.17) is 14.2 Å². The topological polar surface area (TPSA) is 138 Å². The molecule has 0 saturated carbocycles. The first-order valence-corrected chi connectivity index (χ1v) is 9.87. The Bertz CT molecular complexity index is 874. The number of methoxy groups -OCH3 is 1. The van der Waals surface area contributed by atoms with Crippen molar-refractivity contribution in [2.24, 2.45) is 0 Å². The Labute approximate surface area is 179 Å². The van der Waals surface area contributed by atoms with Crippen molar-refractivity contribution in [1.29, 1.82) is 0 Å². The molecule has 0 aromatic heterocycles. The van der Waals surface area contributed by atoms with Crippen molar-refractivity contribution in [1.82, 2.24) is 5.32 Å². The molecule has 0 spiro atoms. The molecule has 1 amide bonds. The van der Waals surface area contributed by atoms with Crippen molar-refractivity contribution in [3.63, 3.8) is 0 Å². The monoisotopic (exact) mass is 433 g/mol. The smallest absolute Gasteiger partial charge is 0.229 e. The van der Waals surface area contributed by atoms with Crippen LogP contribution in [0.15, 0.2) is 48.5 Å². The fourth-order valence-electron chi connectivity index (χ4n) is 3.27. The highest BCUT2D eigenvalue weighted by atomic mass is 16.7. The van der Waals surface area contributed by atoms with Crippen molar-refractivity contribution in [2.45, 2.75) is 43.7 Å². The Kier molecular flexibility index (Phi) is 7.83. The van der Waals surface area contributed by atoms with Gasteiger partial charge in [-0.05, 0) is 23.8 Å². The minimum Gasteiger partial charge on any atom is -0.497 e. The third-order valence-electron chi connectivity index (χ3n) is 5.04. The average Bonchev–Trinajstić information content (AvgIpc) is 2.79. The summed E-state index contributed by atoms with van der Waals surface area (Å²) in [4.78, 5) is 12.5. The molecular formula is C22H27NO8. The lowest BCUT2D eigenvalue weighted by Crippen LogP contribution is -2.60. The van der Waals surface area contributed by atoms with Crippen molar-refractivity contribution in [2.75, 3.05) is 13.7 Å². The average molecular weight is 433 g/mol. The van der Waals surface area contributed by atoms with Gasteiger partial charge in [0, 0.05) is 12.1 Å². The normalized spacial score (nSPS) is 25.6. The highest BCUT2D eigenvalue weighted by molar-refractivity contribution is 5.79. The molecule has 0 bridgehead atoms. The number of amides is 1. The number of rotatable bonds is 8. The van der Waals surface area contributed by atoms with Gasteiger partial charge in [-0.15, -0.1) is 0 Å². The van der Waals surface area contributed by atoms with Crippen molar-refractivity contribution < 1.29 is 39.4 Å². The van der Waals surface area contributed by atoms with Crippen LogP contribution in [-0.2, 0) is 22.5 Å². The molecule has 5 atom stereocenters. The maximum atomic E-state index is 12.5. The number of carbonyl (C=O) groups is 1. The molecule has 168 valence electrons. The van der Waals surface area contributed by atoms with Crippen LogP contribution in [0.1, 0.15) is 11.1 Å². The first kappa shape index (κ1) is 23.0. The molecule has 9 heteroatoms. The predicted molar refractivity (Wildman–Crippen MR) is 109 cm³/mol. The van der Waals surface area contributed by atoms with Crippen LogP contribution in [0.2, 0.25) is 0 Å². The second kappa shape index (κ2) is 10.6. The van der Waals surface area contributed by atoms with E-state index >= 15 is 0 Å². The van der Waals surface area contributed by atoms with Gasteiger partial charge in [-0.1, -0.05) is 30.3 Å². The number of nitrogens with one attached hydrogen (secondary N) is 1. The second-order valence-corrected chi connectivity index (χ2v) is 7.23. The van der Waals surface area contributed by atoms with Crippen LogP contribution >= 0.6 is 0 Å². The molecule has 1 aliphatic rings. The van der Waals surface area contributed by atoms with Crippen molar-refractivity contribution in [3.05, 3.63) is 59.7 Å². The molecule has 0 aliphatic carbocycles. The number of ether oxygens (including phenoxy) is 3. The molecule has 9 nitrogen and oxygen atoms in total. The van der Waals surface area contributed by atoms with Crippen LogP contribution in [0.3, 0.4) is 0 Å². The number of aliphatic hydroxyl groups excluding tert-OH is 4. The van der Waals surface area contributed by atoms with Gasteiger partial charge in [0.25, 0.3) is 0 Å². The lowest BCUT2D eigenvalue weighted by atomic mass is 9.99. The Balaban J connectivity index is 1.64. The minimum atomic E-state index is -1.55. The van der Waals surface area contributed by atoms with E-state index in [1.807, 2.05) is 24.3 Å². The van der Waals surface area contributed by atoms with E-state index in [1.54, 1.807) is 31.4 Å².